The van der Waals surface area contributed by atoms with E-state index in [1.54, 1.807) is 41.5 Å². The van der Waals surface area contributed by atoms with Gasteiger partial charge in [0.2, 0.25) is 0 Å². The molecule has 5 heteroatoms. The summed E-state index contributed by atoms with van der Waals surface area (Å²) in [5.74, 6) is -2.47. The third kappa shape index (κ3) is 5.65. The highest BCUT2D eigenvalue weighted by Crippen LogP contribution is 2.22. The minimum absolute atomic E-state index is 0.842. The molecule has 0 rings (SSSR count). The Morgan fingerprint density at radius 2 is 1.00 bits per heavy atom. The summed E-state index contributed by atoms with van der Waals surface area (Å²) in [5.41, 5.74) is -4.50. The van der Waals surface area contributed by atoms with Crippen molar-refractivity contribution >= 4 is 11.9 Å². The SMILES string of the molecule is CC(C)(C)OC(=O)C(C)(F)C(=O)OC(C)(C)C. The molecule has 0 aromatic heterocycles. The van der Waals surface area contributed by atoms with Gasteiger partial charge >= 0.3 is 11.9 Å². The normalized spacial score (nSPS) is 13.2. The third-order valence-corrected chi connectivity index (χ3v) is 1.56. The number of hydrogen-bond acceptors (Lipinski definition) is 4. The first-order valence-corrected chi connectivity index (χ1v) is 5.41. The highest BCUT2D eigenvalue weighted by Gasteiger charge is 2.47. The smallest absolute Gasteiger partial charge is 0.356 e. The Morgan fingerprint density at radius 3 is 1.18 bits per heavy atom. The minimum atomic E-state index is -2.79. The molecule has 0 fully saturated rings. The van der Waals surface area contributed by atoms with Crippen LogP contribution >= 0.6 is 0 Å². The summed E-state index contributed by atoms with van der Waals surface area (Å²) < 4.78 is 23.6. The summed E-state index contributed by atoms with van der Waals surface area (Å²) in [4.78, 5) is 23.0. The molecule has 100 valence electrons. The van der Waals surface area contributed by atoms with Crippen LogP contribution in [-0.2, 0) is 19.1 Å². The van der Waals surface area contributed by atoms with E-state index in [1.165, 1.54) is 0 Å². The Labute approximate surface area is 101 Å². The molecule has 0 radical (unpaired) electrons. The fourth-order valence-electron chi connectivity index (χ4n) is 0.831. The fraction of sp³-hybridized carbons (Fsp3) is 0.833. The van der Waals surface area contributed by atoms with Crippen LogP contribution in [0, 0.1) is 0 Å². The van der Waals surface area contributed by atoms with Crippen LogP contribution in [0.15, 0.2) is 0 Å². The zero-order valence-corrected chi connectivity index (χ0v) is 11.5. The van der Waals surface area contributed by atoms with Gasteiger partial charge in [-0.05, 0) is 48.5 Å². The summed E-state index contributed by atoms with van der Waals surface area (Å²) in [5, 5.41) is 0. The topological polar surface area (TPSA) is 52.6 Å². The molecule has 17 heavy (non-hydrogen) atoms. The van der Waals surface area contributed by atoms with E-state index >= 15 is 0 Å². The Kier molecular flexibility index (Phi) is 4.32. The van der Waals surface area contributed by atoms with E-state index in [-0.39, 0.29) is 0 Å². The van der Waals surface area contributed by atoms with Crippen molar-refractivity contribution in [2.45, 2.75) is 65.3 Å². The second-order valence-electron chi connectivity index (χ2n) is 6.01. The predicted octanol–water partition coefficient (Wildman–Crippen LogP) is 2.40. The molecule has 0 saturated heterocycles. The number of esters is 2. The van der Waals surface area contributed by atoms with Gasteiger partial charge in [0.1, 0.15) is 11.2 Å². The first kappa shape index (κ1) is 15.9. The fourth-order valence-corrected chi connectivity index (χ4v) is 0.831. The maximum atomic E-state index is 14.0. The van der Waals surface area contributed by atoms with Gasteiger partial charge in [-0.15, -0.1) is 0 Å². The molecule has 4 nitrogen and oxygen atoms in total. The van der Waals surface area contributed by atoms with E-state index in [1.807, 2.05) is 0 Å². The van der Waals surface area contributed by atoms with Crippen molar-refractivity contribution < 1.29 is 23.5 Å². The average Bonchev–Trinajstić information content (AvgIpc) is 1.96. The van der Waals surface area contributed by atoms with Crippen molar-refractivity contribution in [3.8, 4) is 0 Å². The summed E-state index contributed by atoms with van der Waals surface area (Å²) in [6, 6.07) is 0. The lowest BCUT2D eigenvalue weighted by Crippen LogP contribution is -2.47. The second kappa shape index (κ2) is 4.63. The molecule has 0 aliphatic heterocycles. The Bertz CT molecular complexity index is 277. The summed E-state index contributed by atoms with van der Waals surface area (Å²) in [6.45, 7) is 10.4. The van der Waals surface area contributed by atoms with Gasteiger partial charge < -0.3 is 9.47 Å². The number of halogens is 1. The van der Waals surface area contributed by atoms with E-state index in [0.717, 1.165) is 6.92 Å². The van der Waals surface area contributed by atoms with Crippen molar-refractivity contribution in [3.63, 3.8) is 0 Å². The van der Waals surface area contributed by atoms with Crippen LogP contribution in [0.3, 0.4) is 0 Å². The number of carbonyl (C=O) groups is 2. The lowest BCUT2D eigenvalue weighted by Gasteiger charge is -2.27. The van der Waals surface area contributed by atoms with Gasteiger partial charge in [-0.25, -0.2) is 14.0 Å². The zero-order chi connectivity index (χ0) is 14.1. The van der Waals surface area contributed by atoms with E-state index in [9.17, 15) is 14.0 Å². The molecule has 0 aromatic carbocycles. The molecule has 0 bridgehead atoms. The number of carbonyl (C=O) groups excluding carboxylic acids is 2. The largest absolute Gasteiger partial charge is 0.457 e. The molecule has 0 aliphatic carbocycles. The Morgan fingerprint density at radius 1 is 0.765 bits per heavy atom. The maximum absolute atomic E-state index is 14.0. The highest BCUT2D eigenvalue weighted by molar-refractivity contribution is 6.03. The third-order valence-electron chi connectivity index (χ3n) is 1.56. The summed E-state index contributed by atoms with van der Waals surface area (Å²) >= 11 is 0. The number of rotatable bonds is 2. The maximum Gasteiger partial charge on any atom is 0.356 e. The van der Waals surface area contributed by atoms with Gasteiger partial charge in [0.05, 0.1) is 0 Å². The number of ether oxygens (including phenoxy) is 2. The van der Waals surface area contributed by atoms with Crippen molar-refractivity contribution in [1.82, 2.24) is 0 Å². The van der Waals surface area contributed by atoms with Gasteiger partial charge in [-0.1, -0.05) is 0 Å². The van der Waals surface area contributed by atoms with Crippen LogP contribution in [0.25, 0.3) is 0 Å². The van der Waals surface area contributed by atoms with Crippen molar-refractivity contribution in [1.29, 1.82) is 0 Å². The van der Waals surface area contributed by atoms with Crippen molar-refractivity contribution in [2.75, 3.05) is 0 Å². The highest BCUT2D eigenvalue weighted by atomic mass is 19.1. The van der Waals surface area contributed by atoms with Gasteiger partial charge in [-0.2, -0.15) is 0 Å². The summed E-state index contributed by atoms with van der Waals surface area (Å²) in [7, 11) is 0. The minimum Gasteiger partial charge on any atom is -0.457 e. The molecule has 0 spiro atoms. The van der Waals surface area contributed by atoms with E-state index in [0.29, 0.717) is 0 Å². The number of alkyl halides is 1. The van der Waals surface area contributed by atoms with Crippen LogP contribution in [-0.4, -0.2) is 28.8 Å². The van der Waals surface area contributed by atoms with Crippen LogP contribution < -0.4 is 0 Å². The molecule has 0 saturated carbocycles. The molecule has 0 amide bonds. The van der Waals surface area contributed by atoms with Crippen LogP contribution in [0.1, 0.15) is 48.5 Å². The van der Waals surface area contributed by atoms with Crippen LogP contribution in [0.4, 0.5) is 4.39 Å². The van der Waals surface area contributed by atoms with E-state index in [2.05, 4.69) is 0 Å². The van der Waals surface area contributed by atoms with E-state index in [4.69, 9.17) is 9.47 Å². The lowest BCUT2D eigenvalue weighted by atomic mass is 10.1. The zero-order valence-electron chi connectivity index (χ0n) is 11.5. The quantitative estimate of drug-likeness (QED) is 0.556. The molecule has 0 aromatic rings. The first-order valence-electron chi connectivity index (χ1n) is 5.41. The van der Waals surface area contributed by atoms with Crippen LogP contribution in [0.5, 0.6) is 0 Å². The van der Waals surface area contributed by atoms with Gasteiger partial charge in [-0.3, -0.25) is 0 Å². The predicted molar refractivity (Wildman–Crippen MR) is 61.2 cm³/mol. The van der Waals surface area contributed by atoms with Gasteiger partial charge in [0.25, 0.3) is 5.67 Å². The number of hydrogen-bond donors (Lipinski definition) is 0. The standard InChI is InChI=1S/C12H21FO4/c1-10(2,3)16-8(14)12(7,13)9(15)17-11(4,5)6/h1-7H3. The molecular formula is C12H21FO4. The monoisotopic (exact) mass is 248 g/mol. The molecular weight excluding hydrogens is 227 g/mol. The van der Waals surface area contributed by atoms with Crippen molar-refractivity contribution in [3.05, 3.63) is 0 Å². The molecule has 0 unspecified atom stereocenters. The molecule has 0 N–H and O–H groups in total. The molecule has 0 heterocycles. The van der Waals surface area contributed by atoms with Gasteiger partial charge in [0.15, 0.2) is 0 Å². The van der Waals surface area contributed by atoms with Gasteiger partial charge in [0, 0.05) is 0 Å². The Balaban J connectivity index is 4.78. The van der Waals surface area contributed by atoms with Crippen molar-refractivity contribution in [2.24, 2.45) is 0 Å². The molecule has 0 atom stereocenters. The van der Waals surface area contributed by atoms with Crippen LogP contribution in [0.2, 0.25) is 0 Å². The Hall–Kier alpha value is -1.13. The summed E-state index contributed by atoms with van der Waals surface area (Å²) in [6.07, 6.45) is 0. The molecule has 0 aliphatic rings. The second-order valence-corrected chi connectivity index (χ2v) is 6.01. The first-order chi connectivity index (χ1) is 7.26. The average molecular weight is 248 g/mol. The van der Waals surface area contributed by atoms with E-state index < -0.39 is 28.8 Å². The lowest BCUT2D eigenvalue weighted by molar-refractivity contribution is -0.185.